The van der Waals surface area contributed by atoms with E-state index in [9.17, 15) is 9.90 Å². The highest BCUT2D eigenvalue weighted by atomic mass is 35.5. The van der Waals surface area contributed by atoms with Crippen molar-refractivity contribution in [3.05, 3.63) is 58.6 Å². The second-order valence-corrected chi connectivity index (χ2v) is 4.29. The summed E-state index contributed by atoms with van der Waals surface area (Å²) in [6.45, 7) is 0.123. The highest BCUT2D eigenvalue weighted by molar-refractivity contribution is 6.32. The quantitative estimate of drug-likeness (QED) is 0.900. The molecule has 0 aliphatic heterocycles. The monoisotopic (exact) mass is 278 g/mol. The first-order chi connectivity index (χ1) is 9.08. The second kappa shape index (κ2) is 5.63. The van der Waals surface area contributed by atoms with Crippen molar-refractivity contribution in [2.45, 2.75) is 6.61 Å². The van der Waals surface area contributed by atoms with E-state index >= 15 is 0 Å². The SMILES string of the molecule is O=C(O)c1cccc(Cl)c1OCc1cccc(O)c1. The Labute approximate surface area is 114 Å². The van der Waals surface area contributed by atoms with Gasteiger partial charge < -0.3 is 14.9 Å². The third-order valence-corrected chi connectivity index (χ3v) is 2.79. The van der Waals surface area contributed by atoms with Crippen LogP contribution in [-0.4, -0.2) is 16.2 Å². The number of hydrogen-bond donors (Lipinski definition) is 2. The summed E-state index contributed by atoms with van der Waals surface area (Å²) in [6, 6.07) is 11.1. The first kappa shape index (κ1) is 13.2. The molecule has 0 radical (unpaired) electrons. The number of carboxylic acids is 1. The van der Waals surface area contributed by atoms with Crippen LogP contribution in [0, 0.1) is 0 Å². The summed E-state index contributed by atoms with van der Waals surface area (Å²) in [6.07, 6.45) is 0. The van der Waals surface area contributed by atoms with E-state index in [4.69, 9.17) is 21.4 Å². The standard InChI is InChI=1S/C14H11ClO4/c15-12-6-2-5-11(14(17)18)13(12)19-8-9-3-1-4-10(16)7-9/h1-7,16H,8H2,(H,17,18). The predicted octanol–water partition coefficient (Wildman–Crippen LogP) is 3.32. The molecule has 0 unspecified atom stereocenters. The van der Waals surface area contributed by atoms with Gasteiger partial charge in [0.1, 0.15) is 17.9 Å². The summed E-state index contributed by atoms with van der Waals surface area (Å²) in [5.74, 6) is -0.855. The molecule has 0 fully saturated rings. The lowest BCUT2D eigenvalue weighted by Crippen LogP contribution is -2.03. The molecule has 2 N–H and O–H groups in total. The number of carbonyl (C=O) groups is 1. The summed E-state index contributed by atoms with van der Waals surface area (Å²) < 4.78 is 5.45. The second-order valence-electron chi connectivity index (χ2n) is 3.88. The van der Waals surface area contributed by atoms with Crippen molar-refractivity contribution in [2.75, 3.05) is 0 Å². The molecular formula is C14H11ClO4. The van der Waals surface area contributed by atoms with Crippen molar-refractivity contribution in [3.8, 4) is 11.5 Å². The smallest absolute Gasteiger partial charge is 0.339 e. The fraction of sp³-hybridized carbons (Fsp3) is 0.0714. The fourth-order valence-corrected chi connectivity index (χ4v) is 1.85. The van der Waals surface area contributed by atoms with Gasteiger partial charge in [-0.1, -0.05) is 29.8 Å². The van der Waals surface area contributed by atoms with Crippen LogP contribution >= 0.6 is 11.6 Å². The van der Waals surface area contributed by atoms with E-state index in [1.165, 1.54) is 12.1 Å². The predicted molar refractivity (Wildman–Crippen MR) is 70.9 cm³/mol. The van der Waals surface area contributed by atoms with Crippen LogP contribution in [0.5, 0.6) is 11.5 Å². The highest BCUT2D eigenvalue weighted by Gasteiger charge is 2.14. The van der Waals surface area contributed by atoms with E-state index in [0.29, 0.717) is 0 Å². The molecule has 2 rings (SSSR count). The van der Waals surface area contributed by atoms with Crippen molar-refractivity contribution < 1.29 is 19.7 Å². The van der Waals surface area contributed by atoms with E-state index in [1.807, 2.05) is 0 Å². The Morgan fingerprint density at radius 3 is 2.63 bits per heavy atom. The van der Waals surface area contributed by atoms with Crippen molar-refractivity contribution in [3.63, 3.8) is 0 Å². The number of aromatic hydroxyl groups is 1. The summed E-state index contributed by atoms with van der Waals surface area (Å²) in [5.41, 5.74) is 0.726. The van der Waals surface area contributed by atoms with Crippen LogP contribution in [0.2, 0.25) is 5.02 Å². The van der Waals surface area contributed by atoms with Gasteiger partial charge in [-0.15, -0.1) is 0 Å². The van der Waals surface area contributed by atoms with Crippen LogP contribution in [0.1, 0.15) is 15.9 Å². The zero-order valence-corrected chi connectivity index (χ0v) is 10.6. The number of halogens is 1. The first-order valence-corrected chi connectivity index (χ1v) is 5.88. The molecule has 0 spiro atoms. The van der Waals surface area contributed by atoms with Crippen molar-refractivity contribution in [1.82, 2.24) is 0 Å². The van der Waals surface area contributed by atoms with Gasteiger partial charge in [-0.3, -0.25) is 0 Å². The minimum atomic E-state index is -1.10. The Bertz CT molecular complexity index is 610. The number of carboxylic acid groups (broad SMARTS) is 1. The number of aromatic carboxylic acids is 1. The maximum absolute atomic E-state index is 11.1. The van der Waals surface area contributed by atoms with Crippen molar-refractivity contribution in [1.29, 1.82) is 0 Å². The molecule has 0 amide bonds. The number of hydrogen-bond acceptors (Lipinski definition) is 3. The van der Waals surface area contributed by atoms with Crippen LogP contribution in [-0.2, 0) is 6.61 Å². The number of rotatable bonds is 4. The molecule has 0 saturated carbocycles. The molecule has 2 aromatic rings. The van der Waals surface area contributed by atoms with Crippen LogP contribution in [0.25, 0.3) is 0 Å². The van der Waals surface area contributed by atoms with E-state index in [2.05, 4.69) is 0 Å². The first-order valence-electron chi connectivity index (χ1n) is 5.50. The maximum atomic E-state index is 11.1. The molecule has 0 heterocycles. The zero-order valence-electron chi connectivity index (χ0n) is 9.84. The topological polar surface area (TPSA) is 66.8 Å². The highest BCUT2D eigenvalue weighted by Crippen LogP contribution is 2.29. The number of para-hydroxylation sites is 1. The van der Waals surface area contributed by atoms with E-state index in [0.717, 1.165) is 5.56 Å². The molecule has 0 aromatic heterocycles. The van der Waals surface area contributed by atoms with Gasteiger partial charge in [-0.2, -0.15) is 0 Å². The average molecular weight is 279 g/mol. The van der Waals surface area contributed by atoms with Gasteiger partial charge in [0.2, 0.25) is 0 Å². The molecule has 0 aliphatic carbocycles. The molecule has 19 heavy (non-hydrogen) atoms. The van der Waals surface area contributed by atoms with Crippen molar-refractivity contribution >= 4 is 17.6 Å². The molecule has 0 atom stereocenters. The van der Waals surface area contributed by atoms with Gasteiger partial charge in [0.15, 0.2) is 5.75 Å². The number of ether oxygens (including phenoxy) is 1. The Kier molecular flexibility index (Phi) is 3.92. The Balaban J connectivity index is 2.22. The van der Waals surface area contributed by atoms with Crippen LogP contribution in [0.15, 0.2) is 42.5 Å². The Morgan fingerprint density at radius 2 is 1.95 bits per heavy atom. The van der Waals surface area contributed by atoms with Crippen molar-refractivity contribution in [2.24, 2.45) is 0 Å². The number of phenolic OH excluding ortho intramolecular Hbond substituents is 1. The summed E-state index contributed by atoms with van der Waals surface area (Å²) in [7, 11) is 0. The van der Waals surface area contributed by atoms with Gasteiger partial charge in [0, 0.05) is 0 Å². The van der Waals surface area contributed by atoms with Crippen LogP contribution in [0.4, 0.5) is 0 Å². The summed E-state index contributed by atoms with van der Waals surface area (Å²) in [5, 5.41) is 18.6. The normalized spacial score (nSPS) is 10.2. The maximum Gasteiger partial charge on any atom is 0.339 e. The van der Waals surface area contributed by atoms with Crippen LogP contribution < -0.4 is 4.74 Å². The number of benzene rings is 2. The summed E-state index contributed by atoms with van der Waals surface area (Å²) >= 11 is 5.93. The third kappa shape index (κ3) is 3.17. The van der Waals surface area contributed by atoms with E-state index in [1.54, 1.807) is 30.3 Å². The minimum absolute atomic E-state index is 0.00709. The molecular weight excluding hydrogens is 268 g/mol. The van der Waals surface area contributed by atoms with Gasteiger partial charge in [-0.25, -0.2) is 4.79 Å². The summed E-state index contributed by atoms with van der Waals surface area (Å²) in [4.78, 5) is 11.1. The zero-order chi connectivity index (χ0) is 13.8. The van der Waals surface area contributed by atoms with Gasteiger partial charge in [0.25, 0.3) is 0 Å². The Hall–Kier alpha value is -2.20. The lowest BCUT2D eigenvalue weighted by molar-refractivity contribution is 0.0691. The molecule has 4 nitrogen and oxygen atoms in total. The van der Waals surface area contributed by atoms with Crippen LogP contribution in [0.3, 0.4) is 0 Å². The molecule has 98 valence electrons. The lowest BCUT2D eigenvalue weighted by atomic mass is 10.2. The van der Waals surface area contributed by atoms with E-state index in [-0.39, 0.29) is 28.7 Å². The minimum Gasteiger partial charge on any atom is -0.508 e. The molecule has 2 aromatic carbocycles. The van der Waals surface area contributed by atoms with E-state index < -0.39 is 5.97 Å². The third-order valence-electron chi connectivity index (χ3n) is 2.49. The van der Waals surface area contributed by atoms with Gasteiger partial charge >= 0.3 is 5.97 Å². The molecule has 0 aliphatic rings. The van der Waals surface area contributed by atoms with Gasteiger partial charge in [0.05, 0.1) is 5.02 Å². The molecule has 5 heteroatoms. The van der Waals surface area contributed by atoms with Gasteiger partial charge in [-0.05, 0) is 29.8 Å². The average Bonchev–Trinajstić information content (AvgIpc) is 2.37. The fourth-order valence-electron chi connectivity index (χ4n) is 1.63. The molecule has 0 bridgehead atoms. The largest absolute Gasteiger partial charge is 0.508 e. The lowest BCUT2D eigenvalue weighted by Gasteiger charge is -2.11. The Morgan fingerprint density at radius 1 is 1.21 bits per heavy atom. The number of phenols is 1. The molecule has 0 saturated heterocycles.